The van der Waals surface area contributed by atoms with Crippen LogP contribution in [0.2, 0.25) is 0 Å². The molecule has 0 saturated carbocycles. The summed E-state index contributed by atoms with van der Waals surface area (Å²) >= 11 is 0. The molecule has 4 nitrogen and oxygen atoms in total. The van der Waals surface area contributed by atoms with Crippen LogP contribution in [0.4, 0.5) is 0 Å². The average molecular weight is 225 g/mol. The van der Waals surface area contributed by atoms with Gasteiger partial charge in [-0.2, -0.15) is 0 Å². The summed E-state index contributed by atoms with van der Waals surface area (Å²) in [6.45, 7) is 1.83. The molecule has 15 heavy (non-hydrogen) atoms. The van der Waals surface area contributed by atoms with Crippen molar-refractivity contribution in [2.45, 2.75) is 19.6 Å². The van der Waals surface area contributed by atoms with Gasteiger partial charge >= 0.3 is 5.97 Å². The van der Waals surface area contributed by atoms with E-state index in [2.05, 4.69) is 5.09 Å². The summed E-state index contributed by atoms with van der Waals surface area (Å²) in [5.74, 6) is -0.415. The lowest BCUT2D eigenvalue weighted by Crippen LogP contribution is -2.29. The van der Waals surface area contributed by atoms with Crippen molar-refractivity contribution >= 4 is 14.6 Å². The Hall–Kier alpha value is -1.25. The van der Waals surface area contributed by atoms with Gasteiger partial charge in [0, 0.05) is 0 Å². The van der Waals surface area contributed by atoms with Gasteiger partial charge in [-0.3, -0.25) is 9.36 Å². The highest BCUT2D eigenvalue weighted by atomic mass is 31.1. The number of ether oxygens (including phenoxy) is 1. The first-order valence-electron chi connectivity index (χ1n) is 4.52. The van der Waals surface area contributed by atoms with Gasteiger partial charge < -0.3 is 4.74 Å². The Morgan fingerprint density at radius 2 is 2.13 bits per heavy atom. The van der Waals surface area contributed by atoms with E-state index in [-0.39, 0.29) is 15.2 Å². The van der Waals surface area contributed by atoms with Gasteiger partial charge in [-0.1, -0.05) is 30.3 Å². The van der Waals surface area contributed by atoms with Crippen LogP contribution in [0.1, 0.15) is 12.5 Å². The fourth-order valence-corrected chi connectivity index (χ4v) is 1.25. The van der Waals surface area contributed by atoms with E-state index in [1.54, 1.807) is 6.92 Å². The largest absolute Gasteiger partial charge is 0.460 e. The fraction of sp³-hybridized carbons (Fsp3) is 0.300. The van der Waals surface area contributed by atoms with Crippen LogP contribution in [0, 0.1) is 0 Å². The van der Waals surface area contributed by atoms with E-state index < -0.39 is 12.0 Å². The van der Waals surface area contributed by atoms with Crippen molar-refractivity contribution < 1.29 is 14.1 Å². The molecule has 80 valence electrons. The minimum absolute atomic E-state index is 0.238. The summed E-state index contributed by atoms with van der Waals surface area (Å²) in [6.07, 6.45) is 0. The van der Waals surface area contributed by atoms with E-state index in [4.69, 9.17) is 4.74 Å². The van der Waals surface area contributed by atoms with Gasteiger partial charge in [0.2, 0.25) is 8.61 Å². The lowest BCUT2D eigenvalue weighted by Gasteiger charge is -2.08. The summed E-state index contributed by atoms with van der Waals surface area (Å²) in [5.41, 5.74) is 0.928. The van der Waals surface area contributed by atoms with Crippen molar-refractivity contribution in [1.82, 2.24) is 5.09 Å². The molecule has 0 heterocycles. The smallest absolute Gasteiger partial charge is 0.323 e. The van der Waals surface area contributed by atoms with Gasteiger partial charge in [0.05, 0.1) is 0 Å². The van der Waals surface area contributed by atoms with Crippen molar-refractivity contribution in [1.29, 1.82) is 0 Å². The highest BCUT2D eigenvalue weighted by molar-refractivity contribution is 7.21. The number of rotatable bonds is 5. The Balaban J connectivity index is 2.37. The fourth-order valence-electron chi connectivity index (χ4n) is 0.985. The van der Waals surface area contributed by atoms with Crippen LogP contribution in [0.5, 0.6) is 0 Å². The second-order valence-corrected chi connectivity index (χ2v) is 3.48. The van der Waals surface area contributed by atoms with E-state index in [0.29, 0.717) is 0 Å². The molecule has 1 aromatic carbocycles. The van der Waals surface area contributed by atoms with E-state index >= 15 is 0 Å². The zero-order valence-corrected chi connectivity index (χ0v) is 9.24. The molecule has 0 aliphatic rings. The molecule has 0 aliphatic heterocycles. The molecule has 0 aliphatic carbocycles. The van der Waals surface area contributed by atoms with Gasteiger partial charge in [0.1, 0.15) is 12.6 Å². The molecule has 0 spiro atoms. The number of benzene rings is 1. The maximum atomic E-state index is 11.3. The molecule has 0 unspecified atom stereocenters. The summed E-state index contributed by atoms with van der Waals surface area (Å²) in [4.78, 5) is 11.3. The molecule has 0 saturated heterocycles. The molecular weight excluding hydrogens is 213 g/mol. The standard InChI is InChI=1S/C10H12NO3P/c1-8(11-15-13)10(12)14-7-9-5-3-2-4-6-9/h2-6,8H,7H2,1H3,(H,11,13)/t8-/m0/s1. The third-order valence-corrected chi connectivity index (χ3v) is 2.32. The summed E-state index contributed by atoms with van der Waals surface area (Å²) in [6, 6.07) is 8.83. The van der Waals surface area contributed by atoms with Gasteiger partial charge in [0.15, 0.2) is 0 Å². The van der Waals surface area contributed by atoms with E-state index in [0.717, 1.165) is 5.56 Å². The lowest BCUT2D eigenvalue weighted by atomic mass is 10.2. The number of esters is 1. The Kier molecular flexibility index (Phi) is 4.95. The molecule has 5 heteroatoms. The van der Waals surface area contributed by atoms with Crippen LogP contribution >= 0.6 is 8.61 Å². The van der Waals surface area contributed by atoms with Crippen LogP contribution in [-0.4, -0.2) is 12.0 Å². The molecule has 1 atom stereocenters. The first kappa shape index (κ1) is 11.8. The number of hydrogen-bond donors (Lipinski definition) is 1. The third kappa shape index (κ3) is 4.19. The number of hydrogen-bond acceptors (Lipinski definition) is 3. The highest BCUT2D eigenvalue weighted by Gasteiger charge is 2.13. The molecule has 0 aromatic heterocycles. The maximum Gasteiger partial charge on any atom is 0.323 e. The number of carbonyl (C=O) groups is 1. The average Bonchev–Trinajstić information content (AvgIpc) is 2.27. The normalized spacial score (nSPS) is 12.3. The quantitative estimate of drug-likeness (QED) is 0.614. The molecule has 0 radical (unpaired) electrons. The third-order valence-electron chi connectivity index (χ3n) is 1.82. The van der Waals surface area contributed by atoms with Gasteiger partial charge in [-0.15, -0.1) is 0 Å². The van der Waals surface area contributed by atoms with Crippen LogP contribution in [0.15, 0.2) is 30.3 Å². The van der Waals surface area contributed by atoms with Crippen molar-refractivity contribution in [3.05, 3.63) is 35.9 Å². The molecule has 1 N–H and O–H groups in total. The molecule has 1 aromatic rings. The Labute approximate surface area is 89.9 Å². The second-order valence-electron chi connectivity index (χ2n) is 3.04. The lowest BCUT2D eigenvalue weighted by molar-refractivity contribution is -0.146. The minimum atomic E-state index is -0.562. The predicted octanol–water partition coefficient (Wildman–Crippen LogP) is 1.91. The summed E-state index contributed by atoms with van der Waals surface area (Å²) in [5, 5.41) is 2.42. The second kappa shape index (κ2) is 6.27. The molecular formula is C10H12NO3P. The first-order chi connectivity index (χ1) is 7.24. The van der Waals surface area contributed by atoms with Crippen LogP contribution in [-0.2, 0) is 20.7 Å². The topological polar surface area (TPSA) is 55.4 Å². The summed E-state index contributed by atoms with van der Waals surface area (Å²) in [7, 11) is -0.270. The van der Waals surface area contributed by atoms with Crippen molar-refractivity contribution in [2.24, 2.45) is 0 Å². The molecule has 0 fully saturated rings. The van der Waals surface area contributed by atoms with Crippen molar-refractivity contribution in [3.63, 3.8) is 0 Å². The van der Waals surface area contributed by atoms with Gasteiger partial charge in [-0.25, -0.2) is 5.09 Å². The Morgan fingerprint density at radius 1 is 1.47 bits per heavy atom. The predicted molar refractivity (Wildman–Crippen MR) is 56.4 cm³/mol. The molecule has 1 rings (SSSR count). The monoisotopic (exact) mass is 225 g/mol. The van der Waals surface area contributed by atoms with E-state index in [9.17, 15) is 9.36 Å². The van der Waals surface area contributed by atoms with Crippen LogP contribution in [0.25, 0.3) is 0 Å². The SMILES string of the molecule is C[C@H](NP=O)C(=O)OCc1ccccc1. The Bertz CT molecular complexity index is 329. The molecule has 0 amide bonds. The first-order valence-corrected chi connectivity index (χ1v) is 5.33. The van der Waals surface area contributed by atoms with Crippen molar-refractivity contribution in [3.8, 4) is 0 Å². The van der Waals surface area contributed by atoms with E-state index in [1.807, 2.05) is 30.3 Å². The summed E-state index contributed by atoms with van der Waals surface area (Å²) < 4.78 is 15.2. The zero-order chi connectivity index (χ0) is 11.1. The highest BCUT2D eigenvalue weighted by Crippen LogP contribution is 2.02. The molecule has 0 bridgehead atoms. The number of nitrogens with one attached hydrogen (secondary N) is 1. The van der Waals surface area contributed by atoms with Gasteiger partial charge in [-0.05, 0) is 12.5 Å². The zero-order valence-electron chi connectivity index (χ0n) is 8.34. The van der Waals surface area contributed by atoms with E-state index in [1.165, 1.54) is 0 Å². The maximum absolute atomic E-state index is 11.3. The van der Waals surface area contributed by atoms with Crippen LogP contribution in [0.3, 0.4) is 0 Å². The number of carbonyl (C=O) groups excluding carboxylic acids is 1. The Morgan fingerprint density at radius 3 is 2.73 bits per heavy atom. The van der Waals surface area contributed by atoms with Gasteiger partial charge in [0.25, 0.3) is 0 Å². The van der Waals surface area contributed by atoms with Crippen LogP contribution < -0.4 is 5.09 Å². The van der Waals surface area contributed by atoms with Crippen molar-refractivity contribution in [2.75, 3.05) is 0 Å². The minimum Gasteiger partial charge on any atom is -0.460 e.